The van der Waals surface area contributed by atoms with Gasteiger partial charge in [-0.1, -0.05) is 91.0 Å². The highest BCUT2D eigenvalue weighted by molar-refractivity contribution is 5.84. The molecule has 7 heteroatoms. The molecule has 5 aromatic rings. The highest BCUT2D eigenvalue weighted by atomic mass is 19.1. The molecule has 0 aliphatic heterocycles. The summed E-state index contributed by atoms with van der Waals surface area (Å²) in [7, 11) is 0. The van der Waals surface area contributed by atoms with E-state index in [9.17, 15) is 4.79 Å². The van der Waals surface area contributed by atoms with Crippen LogP contribution in [0.15, 0.2) is 122 Å². The van der Waals surface area contributed by atoms with E-state index < -0.39 is 17.7 Å². The molecule has 0 aliphatic carbocycles. The van der Waals surface area contributed by atoms with Gasteiger partial charge in [0.25, 0.3) is 6.08 Å². The van der Waals surface area contributed by atoms with E-state index in [-0.39, 0.29) is 6.61 Å². The van der Waals surface area contributed by atoms with E-state index in [1.54, 1.807) is 29.1 Å². The normalized spacial score (nSPS) is 11.2. The minimum Gasteiger partial charge on any atom is -0.449 e. The Morgan fingerprint density at radius 2 is 1.42 bits per heavy atom. The van der Waals surface area contributed by atoms with Gasteiger partial charge in [-0.05, 0) is 41.7 Å². The van der Waals surface area contributed by atoms with E-state index in [0.717, 1.165) is 16.7 Å². The summed E-state index contributed by atoms with van der Waals surface area (Å²) in [6.45, 7) is 0.168. The number of amides is 1. The first kappa shape index (κ1) is 24.9. The van der Waals surface area contributed by atoms with Crippen LogP contribution in [0.2, 0.25) is 0 Å². The van der Waals surface area contributed by atoms with Crippen LogP contribution in [-0.4, -0.2) is 27.2 Å². The number of ether oxygens (including phenoxy) is 1. The Labute approximate surface area is 220 Å². The lowest BCUT2D eigenvalue weighted by molar-refractivity contribution is 0.160. The number of nitrogens with one attached hydrogen (secondary N) is 1. The Kier molecular flexibility index (Phi) is 7.54. The van der Waals surface area contributed by atoms with Gasteiger partial charge in [-0.15, -0.1) is 0 Å². The van der Waals surface area contributed by atoms with Crippen molar-refractivity contribution < 1.29 is 13.9 Å². The lowest BCUT2D eigenvalue weighted by Gasteiger charge is -2.37. The van der Waals surface area contributed by atoms with Crippen molar-refractivity contribution in [2.24, 2.45) is 0 Å². The Morgan fingerprint density at radius 3 is 1.95 bits per heavy atom. The zero-order valence-electron chi connectivity index (χ0n) is 20.7. The average Bonchev–Trinajstić information content (AvgIpc) is 3.34. The first-order chi connectivity index (χ1) is 18.7. The van der Waals surface area contributed by atoms with Crippen molar-refractivity contribution in [1.82, 2.24) is 14.5 Å². The van der Waals surface area contributed by atoms with Gasteiger partial charge in [0, 0.05) is 12.4 Å². The summed E-state index contributed by atoms with van der Waals surface area (Å²) in [4.78, 5) is 20.3. The molecule has 0 atom stereocenters. The zero-order chi connectivity index (χ0) is 26.2. The number of halogens is 1. The first-order valence-electron chi connectivity index (χ1n) is 12.4. The molecule has 0 fully saturated rings. The summed E-state index contributed by atoms with van der Waals surface area (Å²) in [6.07, 6.45) is 4.70. The smallest absolute Gasteiger partial charge is 0.411 e. The fraction of sp³-hybridized carbons (Fsp3) is 0.129. The standard InChI is InChI=1S/C31H27FN4O2/c32-29-34-28(19-11-21-38-30(37)35-27-18-10-20-33-22-27)23-36(29)31(24-12-4-1-5-13-24,25-14-6-2-7-15-25)26-16-8-3-9-17-26/h1-10,12-18,20,22-23H,11,19,21H2,(H,35,37). The largest absolute Gasteiger partial charge is 0.449 e. The lowest BCUT2D eigenvalue weighted by Crippen LogP contribution is -2.38. The lowest BCUT2D eigenvalue weighted by atomic mass is 9.76. The molecule has 38 heavy (non-hydrogen) atoms. The van der Waals surface area contributed by atoms with Gasteiger partial charge in [-0.2, -0.15) is 4.39 Å². The van der Waals surface area contributed by atoms with Gasteiger partial charge in [0.1, 0.15) is 5.54 Å². The molecule has 0 radical (unpaired) electrons. The average molecular weight is 507 g/mol. The number of anilines is 1. The summed E-state index contributed by atoms with van der Waals surface area (Å²) in [5, 5.41) is 2.62. The number of aryl methyl sites for hydroxylation is 1. The molecule has 2 aromatic heterocycles. The minimum absolute atomic E-state index is 0.168. The fourth-order valence-electron chi connectivity index (χ4n) is 4.72. The van der Waals surface area contributed by atoms with Crippen molar-refractivity contribution in [3.05, 3.63) is 150 Å². The predicted molar refractivity (Wildman–Crippen MR) is 144 cm³/mol. The van der Waals surface area contributed by atoms with Crippen LogP contribution in [0.25, 0.3) is 0 Å². The Hall–Kier alpha value is -4.78. The van der Waals surface area contributed by atoms with Crippen LogP contribution in [0.1, 0.15) is 28.8 Å². The predicted octanol–water partition coefficient (Wildman–Crippen LogP) is 6.44. The number of hydrogen-bond donors (Lipinski definition) is 1. The quantitative estimate of drug-likeness (QED) is 0.185. The van der Waals surface area contributed by atoms with E-state index in [1.807, 2.05) is 91.0 Å². The monoisotopic (exact) mass is 506 g/mol. The maximum Gasteiger partial charge on any atom is 0.411 e. The van der Waals surface area contributed by atoms with Crippen LogP contribution in [0.3, 0.4) is 0 Å². The van der Waals surface area contributed by atoms with Crippen LogP contribution in [-0.2, 0) is 16.7 Å². The highest BCUT2D eigenvalue weighted by Crippen LogP contribution is 2.41. The van der Waals surface area contributed by atoms with E-state index in [2.05, 4.69) is 15.3 Å². The number of hydrogen-bond acceptors (Lipinski definition) is 4. The van der Waals surface area contributed by atoms with Crippen LogP contribution in [0.4, 0.5) is 14.9 Å². The van der Waals surface area contributed by atoms with E-state index in [0.29, 0.717) is 24.2 Å². The number of benzene rings is 3. The van der Waals surface area contributed by atoms with Gasteiger partial charge in [-0.25, -0.2) is 9.78 Å². The van der Waals surface area contributed by atoms with Gasteiger partial charge >= 0.3 is 6.09 Å². The Balaban J connectivity index is 1.42. The second-order valence-corrected chi connectivity index (χ2v) is 8.79. The molecule has 1 N–H and O–H groups in total. The Morgan fingerprint density at radius 1 is 0.842 bits per heavy atom. The number of rotatable bonds is 9. The molecule has 0 unspecified atom stereocenters. The topological polar surface area (TPSA) is 69.0 Å². The Bertz CT molecular complexity index is 1360. The van der Waals surface area contributed by atoms with Gasteiger partial charge in [-0.3, -0.25) is 14.9 Å². The van der Waals surface area contributed by atoms with E-state index in [4.69, 9.17) is 4.74 Å². The third-order valence-corrected chi connectivity index (χ3v) is 6.37. The summed E-state index contributed by atoms with van der Waals surface area (Å²) in [5.41, 5.74) is 2.89. The molecule has 0 aliphatic rings. The second kappa shape index (κ2) is 11.5. The molecule has 2 heterocycles. The summed E-state index contributed by atoms with van der Waals surface area (Å²) >= 11 is 0. The van der Waals surface area contributed by atoms with Gasteiger partial charge in [0.05, 0.1) is 24.2 Å². The second-order valence-electron chi connectivity index (χ2n) is 8.79. The summed E-state index contributed by atoms with van der Waals surface area (Å²) < 4.78 is 22.7. The maximum absolute atomic E-state index is 15.8. The summed E-state index contributed by atoms with van der Waals surface area (Å²) in [5.74, 6) is 0. The molecule has 0 bridgehead atoms. The third-order valence-electron chi connectivity index (χ3n) is 6.37. The number of carbonyl (C=O) groups excluding carboxylic acids is 1. The molecule has 1 amide bonds. The third kappa shape index (κ3) is 5.18. The van der Waals surface area contributed by atoms with Crippen molar-refractivity contribution in [1.29, 1.82) is 0 Å². The van der Waals surface area contributed by atoms with Gasteiger partial charge in [0.15, 0.2) is 0 Å². The van der Waals surface area contributed by atoms with Crippen LogP contribution < -0.4 is 5.32 Å². The van der Waals surface area contributed by atoms with Crippen molar-refractivity contribution in [2.75, 3.05) is 11.9 Å². The zero-order valence-corrected chi connectivity index (χ0v) is 20.7. The minimum atomic E-state index is -0.973. The highest BCUT2D eigenvalue weighted by Gasteiger charge is 2.40. The molecule has 190 valence electrons. The number of imidazole rings is 1. The summed E-state index contributed by atoms with van der Waals surface area (Å²) in [6, 6.07) is 33.1. The molecule has 6 nitrogen and oxygen atoms in total. The van der Waals surface area contributed by atoms with E-state index in [1.165, 1.54) is 6.20 Å². The molecular weight excluding hydrogens is 479 g/mol. The molecule has 5 rings (SSSR count). The number of aromatic nitrogens is 3. The fourth-order valence-corrected chi connectivity index (χ4v) is 4.72. The molecular formula is C31H27FN4O2. The maximum atomic E-state index is 15.8. The number of pyridine rings is 1. The van der Waals surface area contributed by atoms with Crippen molar-refractivity contribution in [2.45, 2.75) is 18.4 Å². The molecule has 3 aromatic carbocycles. The molecule has 0 spiro atoms. The van der Waals surface area contributed by atoms with Crippen molar-refractivity contribution in [3.8, 4) is 0 Å². The van der Waals surface area contributed by atoms with Gasteiger partial charge in [0.2, 0.25) is 0 Å². The van der Waals surface area contributed by atoms with Crippen molar-refractivity contribution in [3.63, 3.8) is 0 Å². The SMILES string of the molecule is O=C(Nc1cccnc1)OCCCc1cn(C(c2ccccc2)(c2ccccc2)c2ccccc2)c(F)n1. The van der Waals surface area contributed by atoms with Crippen LogP contribution in [0, 0.1) is 6.08 Å². The van der Waals surface area contributed by atoms with Crippen molar-refractivity contribution >= 4 is 11.8 Å². The molecule has 0 saturated heterocycles. The number of carbonyl (C=O) groups is 1. The van der Waals surface area contributed by atoms with Gasteiger partial charge < -0.3 is 4.74 Å². The first-order valence-corrected chi connectivity index (χ1v) is 12.4. The molecule has 0 saturated carbocycles. The van der Waals surface area contributed by atoms with Crippen LogP contribution >= 0.6 is 0 Å². The number of nitrogens with zero attached hydrogens (tertiary/aromatic N) is 3. The van der Waals surface area contributed by atoms with E-state index >= 15 is 4.39 Å². The van der Waals surface area contributed by atoms with Crippen LogP contribution in [0.5, 0.6) is 0 Å².